The molecule has 3 N–H and O–H groups in total. The molecule has 0 bridgehead atoms. The van der Waals surface area contributed by atoms with Crippen molar-refractivity contribution in [3.8, 4) is 12.3 Å². The maximum atomic E-state index is 10.8. The van der Waals surface area contributed by atoms with Gasteiger partial charge in [0.15, 0.2) is 0 Å². The van der Waals surface area contributed by atoms with Crippen LogP contribution in [-0.2, 0) is 10.3 Å². The Kier molecular flexibility index (Phi) is 2.59. The first kappa shape index (κ1) is 10.3. The van der Waals surface area contributed by atoms with E-state index >= 15 is 0 Å². The van der Waals surface area contributed by atoms with Gasteiger partial charge < -0.3 is 10.8 Å². The second-order valence-corrected chi connectivity index (χ2v) is 3.23. The van der Waals surface area contributed by atoms with Crippen LogP contribution in [0.2, 0.25) is 0 Å². The number of rotatable bonds is 2. The fourth-order valence-corrected chi connectivity index (χ4v) is 1.06. The molecule has 3 heteroatoms. The zero-order valence-electron chi connectivity index (χ0n) is 7.82. The number of nitrogens with two attached hydrogens (primary N) is 1. The Hall–Kier alpha value is -1.79. The molecule has 1 aromatic rings. The number of carbonyl (C=O) groups is 1. The fraction of sp³-hybridized carbons (Fsp3) is 0.182. The number of hydrogen-bond acceptors (Lipinski definition) is 2. The molecule has 0 aliphatic carbocycles. The molecular formula is C11H11NO2. The highest BCUT2D eigenvalue weighted by atomic mass is 16.4. The molecular weight excluding hydrogens is 178 g/mol. The van der Waals surface area contributed by atoms with Crippen LogP contribution in [0.5, 0.6) is 0 Å². The Morgan fingerprint density at radius 2 is 2.29 bits per heavy atom. The van der Waals surface area contributed by atoms with Gasteiger partial charge in [-0.25, -0.2) is 4.79 Å². The predicted molar refractivity (Wildman–Crippen MR) is 53.6 cm³/mol. The summed E-state index contributed by atoms with van der Waals surface area (Å²) in [4.78, 5) is 10.8. The summed E-state index contributed by atoms with van der Waals surface area (Å²) in [5, 5.41) is 8.88. The molecule has 1 atom stereocenters. The summed E-state index contributed by atoms with van der Waals surface area (Å²) in [6, 6.07) is 6.67. The highest BCUT2D eigenvalue weighted by Crippen LogP contribution is 2.18. The van der Waals surface area contributed by atoms with Gasteiger partial charge in [0.2, 0.25) is 0 Å². The van der Waals surface area contributed by atoms with Crippen molar-refractivity contribution in [1.29, 1.82) is 0 Å². The lowest BCUT2D eigenvalue weighted by molar-refractivity contribution is -0.143. The molecule has 0 unspecified atom stereocenters. The number of benzene rings is 1. The van der Waals surface area contributed by atoms with Crippen molar-refractivity contribution in [2.24, 2.45) is 5.73 Å². The van der Waals surface area contributed by atoms with Crippen LogP contribution in [0.3, 0.4) is 0 Å². The second kappa shape index (κ2) is 3.52. The average molecular weight is 189 g/mol. The number of terminal acetylenes is 1. The van der Waals surface area contributed by atoms with E-state index in [1.54, 1.807) is 24.3 Å². The van der Waals surface area contributed by atoms with E-state index in [9.17, 15) is 4.79 Å². The van der Waals surface area contributed by atoms with Gasteiger partial charge in [0, 0.05) is 5.56 Å². The van der Waals surface area contributed by atoms with E-state index in [1.807, 2.05) is 0 Å². The third-order valence-corrected chi connectivity index (χ3v) is 2.07. The van der Waals surface area contributed by atoms with E-state index in [0.29, 0.717) is 11.1 Å². The molecule has 0 heterocycles. The van der Waals surface area contributed by atoms with Crippen molar-refractivity contribution >= 4 is 5.97 Å². The molecule has 0 fully saturated rings. The minimum atomic E-state index is -1.40. The van der Waals surface area contributed by atoms with Crippen molar-refractivity contribution < 1.29 is 9.90 Å². The lowest BCUT2D eigenvalue weighted by atomic mass is 9.92. The smallest absolute Gasteiger partial charge is 0.328 e. The summed E-state index contributed by atoms with van der Waals surface area (Å²) in [6.07, 6.45) is 5.20. The Morgan fingerprint density at radius 1 is 1.64 bits per heavy atom. The molecule has 0 spiro atoms. The zero-order valence-corrected chi connectivity index (χ0v) is 7.82. The largest absolute Gasteiger partial charge is 0.480 e. The van der Waals surface area contributed by atoms with Gasteiger partial charge in [0.05, 0.1) is 0 Å². The van der Waals surface area contributed by atoms with Gasteiger partial charge in [0.25, 0.3) is 0 Å². The Balaban J connectivity index is 3.21. The second-order valence-electron chi connectivity index (χ2n) is 3.23. The van der Waals surface area contributed by atoms with Gasteiger partial charge in [-0.1, -0.05) is 18.1 Å². The summed E-state index contributed by atoms with van der Waals surface area (Å²) in [5.74, 6) is 1.35. The van der Waals surface area contributed by atoms with Crippen LogP contribution in [0, 0.1) is 12.3 Å². The van der Waals surface area contributed by atoms with Crippen LogP contribution in [0.15, 0.2) is 24.3 Å². The molecule has 1 aromatic carbocycles. The van der Waals surface area contributed by atoms with Crippen LogP contribution >= 0.6 is 0 Å². The van der Waals surface area contributed by atoms with Gasteiger partial charge in [-0.05, 0) is 24.6 Å². The minimum absolute atomic E-state index is 0.500. The van der Waals surface area contributed by atoms with E-state index in [2.05, 4.69) is 5.92 Å². The summed E-state index contributed by atoms with van der Waals surface area (Å²) in [6.45, 7) is 1.44. The van der Waals surface area contributed by atoms with E-state index in [-0.39, 0.29) is 0 Å². The molecule has 0 aliphatic rings. The predicted octanol–water partition coefficient (Wildman–Crippen LogP) is 0.926. The number of carboxylic acids is 1. The molecule has 0 aliphatic heterocycles. The topological polar surface area (TPSA) is 63.3 Å². The molecule has 0 saturated carbocycles. The first-order valence-electron chi connectivity index (χ1n) is 4.08. The quantitative estimate of drug-likeness (QED) is 0.680. The lowest BCUT2D eigenvalue weighted by Crippen LogP contribution is -2.41. The standard InChI is InChI=1S/C11H11NO2/c1-3-8-5-4-6-9(7-8)11(2,12)10(13)14/h1,4-7H,12H2,2H3,(H,13,14)/t11-/m0/s1. The van der Waals surface area contributed by atoms with Crippen LogP contribution in [0.4, 0.5) is 0 Å². The van der Waals surface area contributed by atoms with Crippen molar-refractivity contribution in [2.45, 2.75) is 12.5 Å². The number of aliphatic carboxylic acids is 1. The van der Waals surface area contributed by atoms with Crippen LogP contribution in [0.1, 0.15) is 18.1 Å². The Morgan fingerprint density at radius 3 is 2.79 bits per heavy atom. The lowest BCUT2D eigenvalue weighted by Gasteiger charge is -2.19. The Labute approximate surface area is 82.6 Å². The van der Waals surface area contributed by atoms with Gasteiger partial charge in [-0.3, -0.25) is 0 Å². The molecule has 72 valence electrons. The molecule has 14 heavy (non-hydrogen) atoms. The first-order valence-corrected chi connectivity index (χ1v) is 4.08. The Bertz CT molecular complexity index is 402. The maximum absolute atomic E-state index is 10.8. The summed E-state index contributed by atoms with van der Waals surface area (Å²) < 4.78 is 0. The summed E-state index contributed by atoms with van der Waals surface area (Å²) in [5.41, 5.74) is 5.37. The van der Waals surface area contributed by atoms with E-state index in [0.717, 1.165) is 0 Å². The van der Waals surface area contributed by atoms with Crippen LogP contribution in [-0.4, -0.2) is 11.1 Å². The SMILES string of the molecule is C#Cc1cccc([C@](C)(N)C(=O)O)c1. The van der Waals surface area contributed by atoms with E-state index in [1.165, 1.54) is 6.92 Å². The van der Waals surface area contributed by atoms with Crippen molar-refractivity contribution in [3.63, 3.8) is 0 Å². The third-order valence-electron chi connectivity index (χ3n) is 2.07. The number of carboxylic acid groups (broad SMARTS) is 1. The van der Waals surface area contributed by atoms with Crippen LogP contribution < -0.4 is 5.73 Å². The highest BCUT2D eigenvalue weighted by molar-refractivity contribution is 5.80. The van der Waals surface area contributed by atoms with Crippen molar-refractivity contribution in [1.82, 2.24) is 0 Å². The van der Waals surface area contributed by atoms with E-state index in [4.69, 9.17) is 17.3 Å². The average Bonchev–Trinajstić information content (AvgIpc) is 2.17. The van der Waals surface area contributed by atoms with E-state index < -0.39 is 11.5 Å². The molecule has 0 saturated heterocycles. The number of hydrogen-bond donors (Lipinski definition) is 2. The van der Waals surface area contributed by atoms with Crippen molar-refractivity contribution in [3.05, 3.63) is 35.4 Å². The zero-order chi connectivity index (χ0) is 10.8. The molecule has 3 nitrogen and oxygen atoms in total. The highest BCUT2D eigenvalue weighted by Gasteiger charge is 2.29. The maximum Gasteiger partial charge on any atom is 0.328 e. The monoisotopic (exact) mass is 189 g/mol. The summed E-state index contributed by atoms with van der Waals surface area (Å²) >= 11 is 0. The molecule has 1 rings (SSSR count). The third kappa shape index (κ3) is 1.76. The molecule has 0 radical (unpaired) electrons. The minimum Gasteiger partial charge on any atom is -0.480 e. The normalized spacial score (nSPS) is 14.1. The molecule has 0 aromatic heterocycles. The van der Waals surface area contributed by atoms with Gasteiger partial charge in [-0.2, -0.15) is 0 Å². The van der Waals surface area contributed by atoms with Gasteiger partial charge in [0.1, 0.15) is 5.54 Å². The van der Waals surface area contributed by atoms with Gasteiger partial charge in [-0.15, -0.1) is 6.42 Å². The fourth-order valence-electron chi connectivity index (χ4n) is 1.06. The van der Waals surface area contributed by atoms with Crippen LogP contribution in [0.25, 0.3) is 0 Å². The van der Waals surface area contributed by atoms with Gasteiger partial charge >= 0.3 is 5.97 Å². The summed E-state index contributed by atoms with van der Waals surface area (Å²) in [7, 11) is 0. The van der Waals surface area contributed by atoms with Crippen molar-refractivity contribution in [2.75, 3.05) is 0 Å². The first-order chi connectivity index (χ1) is 6.48. The molecule has 0 amide bonds.